The molecule has 0 saturated carbocycles. The fourth-order valence-corrected chi connectivity index (χ4v) is 2.34. The van der Waals surface area contributed by atoms with E-state index in [1.165, 1.54) is 24.3 Å². The summed E-state index contributed by atoms with van der Waals surface area (Å²) < 4.78 is 37.9. The Morgan fingerprint density at radius 1 is 1.20 bits per heavy atom. The van der Waals surface area contributed by atoms with Crippen molar-refractivity contribution in [3.63, 3.8) is 0 Å². The van der Waals surface area contributed by atoms with Crippen molar-refractivity contribution in [3.8, 4) is 0 Å². The minimum atomic E-state index is -4.38. The molecule has 25 heavy (non-hydrogen) atoms. The van der Waals surface area contributed by atoms with Crippen LogP contribution >= 0.6 is 0 Å². The first-order chi connectivity index (χ1) is 11.7. The molecule has 5 nitrogen and oxygen atoms in total. The lowest BCUT2D eigenvalue weighted by Crippen LogP contribution is -2.22. The second kappa shape index (κ2) is 7.25. The molecule has 0 radical (unpaired) electrons. The van der Waals surface area contributed by atoms with Gasteiger partial charge in [-0.25, -0.2) is 0 Å². The van der Waals surface area contributed by atoms with Gasteiger partial charge in [0.05, 0.1) is 10.5 Å². The van der Waals surface area contributed by atoms with E-state index in [4.69, 9.17) is 5.73 Å². The lowest BCUT2D eigenvalue weighted by atomic mass is 10.1. The Bertz CT molecular complexity index is 774. The van der Waals surface area contributed by atoms with Gasteiger partial charge < -0.3 is 10.6 Å². The van der Waals surface area contributed by atoms with Crippen molar-refractivity contribution in [3.05, 3.63) is 76.4 Å². The maximum absolute atomic E-state index is 12.6. The molecule has 8 heteroatoms. The first-order valence-electron chi connectivity index (χ1n) is 7.28. The minimum absolute atomic E-state index is 0.0176. The third-order valence-electron chi connectivity index (χ3n) is 3.58. The van der Waals surface area contributed by atoms with Gasteiger partial charge in [0, 0.05) is 24.8 Å². The lowest BCUT2D eigenvalue weighted by Gasteiger charge is -2.24. The molecule has 0 bridgehead atoms. The molecule has 0 unspecified atom stereocenters. The molecule has 2 rings (SSSR count). The number of hydrogen-bond acceptors (Lipinski definition) is 4. The number of hydrogen-bond donors (Lipinski definition) is 1. The van der Waals surface area contributed by atoms with Crippen LogP contribution in [0.4, 0.5) is 30.2 Å². The molecule has 0 aliphatic carbocycles. The van der Waals surface area contributed by atoms with Gasteiger partial charge in [0.2, 0.25) is 0 Å². The summed E-state index contributed by atoms with van der Waals surface area (Å²) in [6.07, 6.45) is -2.76. The van der Waals surface area contributed by atoms with E-state index in [2.05, 4.69) is 6.58 Å². The summed E-state index contributed by atoms with van der Waals surface area (Å²) in [6.45, 7) is 4.36. The maximum Gasteiger partial charge on any atom is 0.416 e. The summed E-state index contributed by atoms with van der Waals surface area (Å²) in [5.74, 6) is 0. The zero-order chi connectivity index (χ0) is 18.6. The molecule has 2 N–H and O–H groups in total. The second-order valence-corrected chi connectivity index (χ2v) is 5.36. The average Bonchev–Trinajstić information content (AvgIpc) is 2.53. The Kier molecular flexibility index (Phi) is 5.31. The Morgan fingerprint density at radius 3 is 2.32 bits per heavy atom. The predicted molar refractivity (Wildman–Crippen MR) is 90.2 cm³/mol. The van der Waals surface area contributed by atoms with Gasteiger partial charge in [-0.3, -0.25) is 10.1 Å². The quantitative estimate of drug-likeness (QED) is 0.363. The van der Waals surface area contributed by atoms with Crippen LogP contribution in [-0.4, -0.2) is 11.5 Å². The fourth-order valence-electron chi connectivity index (χ4n) is 2.34. The molecule has 0 saturated heterocycles. The lowest BCUT2D eigenvalue weighted by molar-refractivity contribution is -0.383. The molecule has 132 valence electrons. The van der Waals surface area contributed by atoms with Crippen LogP contribution in [0.1, 0.15) is 11.1 Å². The predicted octanol–water partition coefficient (Wildman–Crippen LogP) is 4.39. The van der Waals surface area contributed by atoms with Crippen LogP contribution in [0.3, 0.4) is 0 Å². The maximum atomic E-state index is 12.6. The Morgan fingerprint density at radius 2 is 1.84 bits per heavy atom. The zero-order valence-corrected chi connectivity index (χ0v) is 13.2. The zero-order valence-electron chi connectivity index (χ0n) is 13.2. The largest absolute Gasteiger partial charge is 0.416 e. The standard InChI is InChI=1S/C17H16F3N3O2/c1-2-9-22(14-7-8-16(23(24)25)15(21)10-14)11-12-3-5-13(6-4-12)17(18,19)20/h2-8,10H,1,9,11,21H2. The molecule has 0 amide bonds. The summed E-state index contributed by atoms with van der Waals surface area (Å²) in [5.41, 5.74) is 6.07. The summed E-state index contributed by atoms with van der Waals surface area (Å²) in [5, 5.41) is 10.8. The third kappa shape index (κ3) is 4.50. The molecule has 0 fully saturated rings. The number of nitrogen functional groups attached to an aromatic ring is 1. The molecular formula is C17H16F3N3O2. The van der Waals surface area contributed by atoms with E-state index >= 15 is 0 Å². The first-order valence-corrected chi connectivity index (χ1v) is 7.28. The third-order valence-corrected chi connectivity index (χ3v) is 3.58. The Hall–Kier alpha value is -3.03. The van der Waals surface area contributed by atoms with E-state index in [1.807, 2.05) is 0 Å². The molecule has 2 aromatic carbocycles. The van der Waals surface area contributed by atoms with E-state index in [-0.39, 0.29) is 11.4 Å². The van der Waals surface area contributed by atoms with Crippen LogP contribution < -0.4 is 10.6 Å². The molecule has 0 aliphatic rings. The van der Waals surface area contributed by atoms with Gasteiger partial charge in [-0.1, -0.05) is 18.2 Å². The SMILES string of the molecule is C=CCN(Cc1ccc(C(F)(F)F)cc1)c1ccc([N+](=O)[O-])c(N)c1. The van der Waals surface area contributed by atoms with Crippen LogP contribution in [-0.2, 0) is 12.7 Å². The number of nitrogens with zero attached hydrogens (tertiary/aromatic N) is 2. The Labute approximate surface area is 142 Å². The first kappa shape index (κ1) is 18.3. The van der Waals surface area contributed by atoms with Crippen LogP contribution in [0.5, 0.6) is 0 Å². The van der Waals surface area contributed by atoms with E-state index in [9.17, 15) is 23.3 Å². The highest BCUT2D eigenvalue weighted by molar-refractivity contribution is 5.66. The highest BCUT2D eigenvalue weighted by Crippen LogP contribution is 2.30. The summed E-state index contributed by atoms with van der Waals surface area (Å²) >= 11 is 0. The highest BCUT2D eigenvalue weighted by Gasteiger charge is 2.30. The van der Waals surface area contributed by atoms with Crippen molar-refractivity contribution in [1.29, 1.82) is 0 Å². The number of nitrogens with two attached hydrogens (primary N) is 1. The number of anilines is 2. The van der Waals surface area contributed by atoms with Crippen molar-refractivity contribution in [2.75, 3.05) is 17.2 Å². The highest BCUT2D eigenvalue weighted by atomic mass is 19.4. The van der Waals surface area contributed by atoms with Gasteiger partial charge in [-0.05, 0) is 29.8 Å². The summed E-state index contributed by atoms with van der Waals surface area (Å²) in [6, 6.07) is 9.14. The number of rotatable bonds is 6. The van der Waals surface area contributed by atoms with E-state index in [0.717, 1.165) is 12.1 Å². The van der Waals surface area contributed by atoms with Crippen LogP contribution in [0.15, 0.2) is 55.1 Å². The van der Waals surface area contributed by atoms with Crippen molar-refractivity contribution >= 4 is 17.1 Å². The average molecular weight is 351 g/mol. The summed E-state index contributed by atoms with van der Waals surface area (Å²) in [7, 11) is 0. The topological polar surface area (TPSA) is 72.4 Å². The van der Waals surface area contributed by atoms with E-state index < -0.39 is 16.7 Å². The monoisotopic (exact) mass is 351 g/mol. The van der Waals surface area contributed by atoms with Gasteiger partial charge >= 0.3 is 6.18 Å². The van der Waals surface area contributed by atoms with Crippen LogP contribution in [0.25, 0.3) is 0 Å². The van der Waals surface area contributed by atoms with Gasteiger partial charge in [0.25, 0.3) is 5.69 Å². The molecular weight excluding hydrogens is 335 g/mol. The van der Waals surface area contributed by atoms with Crippen molar-refractivity contribution in [2.45, 2.75) is 12.7 Å². The van der Waals surface area contributed by atoms with Crippen molar-refractivity contribution in [2.24, 2.45) is 0 Å². The van der Waals surface area contributed by atoms with Crippen LogP contribution in [0.2, 0.25) is 0 Å². The van der Waals surface area contributed by atoms with Crippen molar-refractivity contribution in [1.82, 2.24) is 0 Å². The fraction of sp³-hybridized carbons (Fsp3) is 0.176. The Balaban J connectivity index is 2.25. The molecule has 0 spiro atoms. The molecule has 0 heterocycles. The number of nitro groups is 1. The minimum Gasteiger partial charge on any atom is -0.393 e. The van der Waals surface area contributed by atoms with Gasteiger partial charge in [-0.15, -0.1) is 6.58 Å². The number of nitro benzene ring substituents is 1. The number of alkyl halides is 3. The van der Waals surface area contributed by atoms with Gasteiger partial charge in [0.15, 0.2) is 0 Å². The van der Waals surface area contributed by atoms with Gasteiger partial charge in [0.1, 0.15) is 5.69 Å². The number of halogens is 3. The van der Waals surface area contributed by atoms with E-state index in [0.29, 0.717) is 24.3 Å². The molecule has 0 aliphatic heterocycles. The molecule has 0 atom stereocenters. The van der Waals surface area contributed by atoms with E-state index in [1.54, 1.807) is 17.0 Å². The smallest absolute Gasteiger partial charge is 0.393 e. The molecule has 2 aromatic rings. The summed E-state index contributed by atoms with van der Waals surface area (Å²) in [4.78, 5) is 12.1. The van der Waals surface area contributed by atoms with Crippen molar-refractivity contribution < 1.29 is 18.1 Å². The second-order valence-electron chi connectivity index (χ2n) is 5.36. The van der Waals surface area contributed by atoms with Crippen LogP contribution in [0, 0.1) is 10.1 Å². The van der Waals surface area contributed by atoms with Gasteiger partial charge in [-0.2, -0.15) is 13.2 Å². The normalized spacial score (nSPS) is 11.2. The number of benzene rings is 2. The molecule has 0 aromatic heterocycles.